The van der Waals surface area contributed by atoms with Crippen molar-refractivity contribution in [3.05, 3.63) is 28.0 Å². The molecule has 6 nitrogen and oxygen atoms in total. The molecule has 0 bridgehead atoms. The Morgan fingerprint density at radius 2 is 2.18 bits per heavy atom. The van der Waals surface area contributed by atoms with Crippen molar-refractivity contribution in [2.24, 2.45) is 0 Å². The fourth-order valence-corrected chi connectivity index (χ4v) is 1.35. The van der Waals surface area contributed by atoms with Gasteiger partial charge in [0.15, 0.2) is 5.88 Å². The van der Waals surface area contributed by atoms with E-state index in [1.807, 2.05) is 6.92 Å². The topological polar surface area (TPSA) is 94.2 Å². The van der Waals surface area contributed by atoms with Crippen LogP contribution in [-0.2, 0) is 0 Å². The van der Waals surface area contributed by atoms with Crippen LogP contribution >= 0.6 is 0 Å². The molecular weight excluding hydrogens is 222 g/mol. The summed E-state index contributed by atoms with van der Waals surface area (Å²) < 4.78 is 0. The predicted molar refractivity (Wildman–Crippen MR) is 64.2 cm³/mol. The molecule has 0 unspecified atom stereocenters. The summed E-state index contributed by atoms with van der Waals surface area (Å²) in [4.78, 5) is 24.8. The highest BCUT2D eigenvalue weighted by Crippen LogP contribution is 2.03. The van der Waals surface area contributed by atoms with Crippen molar-refractivity contribution < 1.29 is 9.90 Å². The molecule has 1 aromatic heterocycles. The number of rotatable bonds is 6. The van der Waals surface area contributed by atoms with Gasteiger partial charge in [-0.05, 0) is 19.5 Å². The second kappa shape index (κ2) is 6.70. The molecule has 17 heavy (non-hydrogen) atoms. The number of hydrogen-bond acceptors (Lipinski definition) is 4. The Labute approximate surface area is 99.1 Å². The predicted octanol–water partition coefficient (Wildman–Crippen LogP) is -0.190. The zero-order valence-electron chi connectivity index (χ0n) is 9.75. The highest BCUT2D eigenvalue weighted by molar-refractivity contribution is 5.94. The summed E-state index contributed by atoms with van der Waals surface area (Å²) in [7, 11) is 0. The summed E-state index contributed by atoms with van der Waals surface area (Å²) in [6.07, 6.45) is 0.814. The van der Waals surface area contributed by atoms with E-state index in [0.29, 0.717) is 6.54 Å². The normalized spacial score (nSPS) is 10.2. The summed E-state index contributed by atoms with van der Waals surface area (Å²) in [6.45, 7) is 4.27. The lowest BCUT2D eigenvalue weighted by molar-refractivity contribution is 0.0952. The lowest BCUT2D eigenvalue weighted by atomic mass is 10.2. The van der Waals surface area contributed by atoms with Crippen LogP contribution < -0.4 is 16.2 Å². The van der Waals surface area contributed by atoms with Crippen LogP contribution in [0.4, 0.5) is 0 Å². The summed E-state index contributed by atoms with van der Waals surface area (Å²) in [5.74, 6) is -0.668. The Bertz CT molecular complexity index is 428. The number of pyridine rings is 1. The lowest BCUT2D eigenvalue weighted by Crippen LogP contribution is -2.28. The highest BCUT2D eigenvalue weighted by atomic mass is 16.3. The third-order valence-electron chi connectivity index (χ3n) is 2.16. The number of hydrogen-bond donors (Lipinski definition) is 4. The van der Waals surface area contributed by atoms with Gasteiger partial charge in [-0.2, -0.15) is 0 Å². The van der Waals surface area contributed by atoms with Crippen molar-refractivity contribution in [2.45, 2.75) is 13.3 Å². The van der Waals surface area contributed by atoms with Crippen LogP contribution in [0.1, 0.15) is 23.7 Å². The number of nitrogens with one attached hydrogen (secondary N) is 3. The number of aromatic amines is 1. The second-order valence-electron chi connectivity index (χ2n) is 3.58. The van der Waals surface area contributed by atoms with Crippen LogP contribution in [0.5, 0.6) is 5.88 Å². The third kappa shape index (κ3) is 4.69. The molecular formula is C11H17N3O3. The van der Waals surface area contributed by atoms with Gasteiger partial charge < -0.3 is 15.7 Å². The first-order valence-corrected chi connectivity index (χ1v) is 5.55. The van der Waals surface area contributed by atoms with E-state index in [2.05, 4.69) is 15.6 Å². The minimum absolute atomic E-state index is 0.162. The van der Waals surface area contributed by atoms with Gasteiger partial charge in [-0.25, -0.2) is 0 Å². The standard InChI is InChI=1S/C11H17N3O3/c1-2-12-4-3-5-13-11(17)8-6-9(15)14-10(16)7-8/h6-7,12H,2-5H2,1H3,(H,13,17)(H2,14,15,16). The smallest absolute Gasteiger partial charge is 0.251 e. The molecule has 0 spiro atoms. The van der Waals surface area contributed by atoms with E-state index in [4.69, 9.17) is 5.11 Å². The fourth-order valence-electron chi connectivity index (χ4n) is 1.35. The first kappa shape index (κ1) is 13.2. The molecule has 0 fully saturated rings. The number of carbonyl (C=O) groups excluding carboxylic acids is 1. The maximum Gasteiger partial charge on any atom is 0.251 e. The van der Waals surface area contributed by atoms with Crippen molar-refractivity contribution in [3.8, 4) is 5.88 Å². The molecule has 0 aliphatic heterocycles. The molecule has 0 aliphatic carbocycles. The number of amides is 1. The first-order chi connectivity index (χ1) is 8.13. The number of aromatic hydroxyl groups is 1. The molecule has 0 saturated heterocycles. The Morgan fingerprint density at radius 3 is 2.82 bits per heavy atom. The maximum absolute atomic E-state index is 11.6. The molecule has 0 aliphatic rings. The van der Waals surface area contributed by atoms with E-state index in [0.717, 1.165) is 25.6 Å². The van der Waals surface area contributed by atoms with E-state index >= 15 is 0 Å². The van der Waals surface area contributed by atoms with Gasteiger partial charge in [0.25, 0.3) is 11.5 Å². The number of carbonyl (C=O) groups is 1. The molecule has 1 rings (SSSR count). The van der Waals surface area contributed by atoms with Crippen molar-refractivity contribution >= 4 is 5.91 Å². The van der Waals surface area contributed by atoms with Gasteiger partial charge >= 0.3 is 0 Å². The quantitative estimate of drug-likeness (QED) is 0.517. The zero-order chi connectivity index (χ0) is 12.7. The van der Waals surface area contributed by atoms with Gasteiger partial charge in [0.1, 0.15) is 0 Å². The Kier molecular flexibility index (Phi) is 5.22. The zero-order valence-corrected chi connectivity index (χ0v) is 9.75. The van der Waals surface area contributed by atoms with Gasteiger partial charge in [-0.3, -0.25) is 14.6 Å². The van der Waals surface area contributed by atoms with Gasteiger partial charge in [-0.1, -0.05) is 6.92 Å². The van der Waals surface area contributed by atoms with Gasteiger partial charge in [-0.15, -0.1) is 0 Å². The molecule has 0 saturated carbocycles. The molecule has 1 amide bonds. The van der Waals surface area contributed by atoms with Crippen LogP contribution in [0, 0.1) is 0 Å². The van der Waals surface area contributed by atoms with Gasteiger partial charge in [0.05, 0.1) is 5.56 Å². The molecule has 0 aromatic carbocycles. The van der Waals surface area contributed by atoms with Crippen LogP contribution in [-0.4, -0.2) is 35.6 Å². The van der Waals surface area contributed by atoms with Crippen LogP contribution in [0.2, 0.25) is 0 Å². The monoisotopic (exact) mass is 239 g/mol. The SMILES string of the molecule is CCNCCCNC(=O)c1cc(O)[nH]c(=O)c1. The minimum Gasteiger partial charge on any atom is -0.494 e. The minimum atomic E-state index is -0.497. The maximum atomic E-state index is 11.6. The molecule has 0 radical (unpaired) electrons. The Morgan fingerprint density at radius 1 is 1.41 bits per heavy atom. The van der Waals surface area contributed by atoms with E-state index in [9.17, 15) is 9.59 Å². The largest absolute Gasteiger partial charge is 0.494 e. The van der Waals surface area contributed by atoms with Crippen LogP contribution in [0.15, 0.2) is 16.9 Å². The number of H-pyrrole nitrogens is 1. The summed E-state index contributed by atoms with van der Waals surface area (Å²) in [5.41, 5.74) is -0.336. The van der Waals surface area contributed by atoms with E-state index in [1.54, 1.807) is 0 Å². The Balaban J connectivity index is 2.44. The molecule has 4 N–H and O–H groups in total. The average Bonchev–Trinajstić information content (AvgIpc) is 2.27. The van der Waals surface area contributed by atoms with Gasteiger partial charge in [0, 0.05) is 18.7 Å². The molecule has 1 heterocycles. The number of aromatic nitrogens is 1. The van der Waals surface area contributed by atoms with Crippen LogP contribution in [0.3, 0.4) is 0 Å². The Hall–Kier alpha value is -1.82. The summed E-state index contributed by atoms with van der Waals surface area (Å²) >= 11 is 0. The van der Waals surface area contributed by atoms with Crippen LogP contribution in [0.25, 0.3) is 0 Å². The molecule has 94 valence electrons. The van der Waals surface area contributed by atoms with Crippen molar-refractivity contribution in [2.75, 3.05) is 19.6 Å². The fraction of sp³-hybridized carbons (Fsp3) is 0.455. The first-order valence-electron chi connectivity index (χ1n) is 5.55. The summed E-state index contributed by atoms with van der Waals surface area (Å²) in [5, 5.41) is 14.9. The lowest BCUT2D eigenvalue weighted by Gasteiger charge is -2.05. The van der Waals surface area contributed by atoms with E-state index < -0.39 is 5.56 Å². The highest BCUT2D eigenvalue weighted by Gasteiger charge is 2.06. The molecule has 6 heteroatoms. The third-order valence-corrected chi connectivity index (χ3v) is 2.16. The van der Waals surface area contributed by atoms with E-state index in [1.165, 1.54) is 6.07 Å². The average molecular weight is 239 g/mol. The van der Waals surface area contributed by atoms with Crippen molar-refractivity contribution in [1.82, 2.24) is 15.6 Å². The molecule has 0 atom stereocenters. The van der Waals surface area contributed by atoms with Gasteiger partial charge in [0.2, 0.25) is 0 Å². The van der Waals surface area contributed by atoms with Crippen molar-refractivity contribution in [3.63, 3.8) is 0 Å². The van der Waals surface area contributed by atoms with Crippen molar-refractivity contribution in [1.29, 1.82) is 0 Å². The molecule has 1 aromatic rings. The second-order valence-corrected chi connectivity index (χ2v) is 3.58. The van der Waals surface area contributed by atoms with E-state index in [-0.39, 0.29) is 17.4 Å². The summed E-state index contributed by atoms with van der Waals surface area (Å²) in [6, 6.07) is 2.38.